The molecule has 2 aromatic rings. The van der Waals surface area contributed by atoms with Crippen LogP contribution in [-0.4, -0.2) is 41.2 Å². The molecule has 0 aliphatic heterocycles. The third-order valence-electron chi connectivity index (χ3n) is 4.60. The van der Waals surface area contributed by atoms with Crippen molar-refractivity contribution in [2.45, 2.75) is 45.5 Å². The third-order valence-corrected chi connectivity index (χ3v) is 4.60. The Labute approximate surface area is 222 Å². The fourth-order valence-corrected chi connectivity index (χ4v) is 2.86. The van der Waals surface area contributed by atoms with Crippen molar-refractivity contribution < 1.29 is 55.3 Å². The summed E-state index contributed by atoms with van der Waals surface area (Å²) in [5.74, 6) is -3.93. The van der Waals surface area contributed by atoms with Crippen molar-refractivity contribution in [2.24, 2.45) is 20.5 Å². The average Bonchev–Trinajstić information content (AvgIpc) is 2.82. The lowest BCUT2D eigenvalue weighted by atomic mass is 10.0. The summed E-state index contributed by atoms with van der Waals surface area (Å²) in [6, 6.07) is 6.68. The van der Waals surface area contributed by atoms with Crippen LogP contribution in [0.2, 0.25) is 0 Å². The predicted molar refractivity (Wildman–Crippen MR) is 124 cm³/mol. The Balaban J connectivity index is 2.08. The van der Waals surface area contributed by atoms with Gasteiger partial charge in [0.05, 0.1) is 11.4 Å². The van der Waals surface area contributed by atoms with Crippen LogP contribution in [0.5, 0.6) is 11.5 Å². The highest BCUT2D eigenvalue weighted by Gasteiger charge is 2.31. The van der Waals surface area contributed by atoms with Crippen LogP contribution in [0.1, 0.15) is 26.7 Å². The van der Waals surface area contributed by atoms with Gasteiger partial charge in [-0.25, -0.2) is 0 Å². The van der Waals surface area contributed by atoms with Crippen LogP contribution in [0.4, 0.5) is 37.7 Å². The van der Waals surface area contributed by atoms with Crippen molar-refractivity contribution in [1.29, 1.82) is 0 Å². The molecular weight excluding hydrogens is 554 g/mol. The summed E-state index contributed by atoms with van der Waals surface area (Å²) in [6.45, 7) is 2.10. The van der Waals surface area contributed by atoms with Gasteiger partial charge in [0.1, 0.15) is 17.3 Å². The number of ketones is 3. The number of rotatable bonds is 12. The predicted octanol–water partition coefficient (Wildman–Crippen LogP) is 7.02. The molecule has 214 valence electrons. The molecule has 0 fully saturated rings. The van der Waals surface area contributed by atoms with E-state index < -0.39 is 71.9 Å². The Morgan fingerprint density at radius 2 is 1.23 bits per heavy atom. The standard InChI is InChI=1S/C24H20F6N4O6/c1-13(35)21(33-31-15-3-7-17(8-4-15)39-23(25,26)27)19(37)11-12-20(38)22(14(2)36)34-32-16-5-9-18(10-6-16)40-24(28,29)30/h3-10,21,38H,11-12H2,1-2H3. The van der Waals surface area contributed by atoms with E-state index in [9.17, 15) is 45.8 Å². The van der Waals surface area contributed by atoms with Gasteiger partial charge in [0.25, 0.3) is 0 Å². The summed E-state index contributed by atoms with van der Waals surface area (Å²) in [5.41, 5.74) is -0.494. The number of carbonyl (C=O) groups is 3. The van der Waals surface area contributed by atoms with Crippen molar-refractivity contribution in [1.82, 2.24) is 0 Å². The summed E-state index contributed by atoms with van der Waals surface area (Å²) < 4.78 is 81.0. The van der Waals surface area contributed by atoms with Crippen molar-refractivity contribution in [3.05, 3.63) is 60.0 Å². The molecule has 0 saturated carbocycles. The van der Waals surface area contributed by atoms with E-state index in [-0.39, 0.29) is 11.4 Å². The Bertz CT molecular complexity index is 1300. The number of benzene rings is 2. The second kappa shape index (κ2) is 13.4. The number of allylic oxidation sites excluding steroid dienone is 2. The number of nitrogens with zero attached hydrogens (tertiary/aromatic N) is 4. The number of alkyl halides is 6. The number of carbonyl (C=O) groups excluding carboxylic acids is 3. The summed E-state index contributed by atoms with van der Waals surface area (Å²) in [6.07, 6.45) is -10.7. The number of hydrogen-bond donors (Lipinski definition) is 1. The van der Waals surface area contributed by atoms with Gasteiger partial charge in [-0.2, -0.15) is 15.3 Å². The molecule has 0 bridgehead atoms. The molecule has 0 aliphatic rings. The molecule has 0 amide bonds. The number of hydrogen-bond acceptors (Lipinski definition) is 10. The second-order valence-electron chi connectivity index (χ2n) is 7.83. The lowest BCUT2D eigenvalue weighted by Gasteiger charge is -2.09. The molecule has 0 heterocycles. The lowest BCUT2D eigenvalue weighted by molar-refractivity contribution is -0.275. The highest BCUT2D eigenvalue weighted by molar-refractivity contribution is 6.05. The summed E-state index contributed by atoms with van der Waals surface area (Å²) in [5, 5.41) is 24.9. The van der Waals surface area contributed by atoms with E-state index in [1.54, 1.807) is 0 Å². The normalized spacial score (nSPS) is 13.7. The smallest absolute Gasteiger partial charge is 0.510 e. The van der Waals surface area contributed by atoms with Crippen LogP contribution in [-0.2, 0) is 14.4 Å². The first kappa shape index (κ1) is 31.6. The Morgan fingerprint density at radius 3 is 1.62 bits per heavy atom. The van der Waals surface area contributed by atoms with E-state index in [0.717, 1.165) is 62.4 Å². The minimum Gasteiger partial charge on any atom is -0.510 e. The maximum absolute atomic E-state index is 12.5. The maximum atomic E-state index is 12.5. The molecule has 0 spiro atoms. The molecule has 0 aromatic heterocycles. The summed E-state index contributed by atoms with van der Waals surface area (Å²) >= 11 is 0. The largest absolute Gasteiger partial charge is 0.573 e. The van der Waals surface area contributed by atoms with Crippen molar-refractivity contribution in [2.75, 3.05) is 0 Å². The molecule has 1 atom stereocenters. The minimum absolute atomic E-state index is 0.0206. The van der Waals surface area contributed by atoms with Crippen LogP contribution >= 0.6 is 0 Å². The van der Waals surface area contributed by atoms with Crippen molar-refractivity contribution >= 4 is 28.7 Å². The van der Waals surface area contributed by atoms with Gasteiger partial charge < -0.3 is 14.6 Å². The first-order valence-corrected chi connectivity index (χ1v) is 11.0. The molecule has 2 rings (SSSR count). The van der Waals surface area contributed by atoms with Crippen LogP contribution in [0, 0.1) is 0 Å². The Kier molecular flexibility index (Phi) is 10.6. The molecular formula is C24H20F6N4O6. The first-order chi connectivity index (χ1) is 18.5. The number of Topliss-reactive ketones (excluding diaryl/α,β-unsaturated/α-hetero) is 3. The Hall–Kier alpha value is -4.63. The third kappa shape index (κ3) is 11.0. The highest BCUT2D eigenvalue weighted by atomic mass is 19.4. The fraction of sp³-hybridized carbons (Fsp3) is 0.292. The van der Waals surface area contributed by atoms with E-state index in [2.05, 4.69) is 29.9 Å². The maximum Gasteiger partial charge on any atom is 0.573 e. The van der Waals surface area contributed by atoms with Crippen LogP contribution < -0.4 is 9.47 Å². The second-order valence-corrected chi connectivity index (χ2v) is 7.83. The Morgan fingerprint density at radius 1 is 0.775 bits per heavy atom. The molecule has 0 radical (unpaired) electrons. The van der Waals surface area contributed by atoms with Gasteiger partial charge in [-0.15, -0.1) is 31.5 Å². The summed E-state index contributed by atoms with van der Waals surface area (Å²) in [7, 11) is 0. The van der Waals surface area contributed by atoms with E-state index in [1.807, 2.05) is 0 Å². The van der Waals surface area contributed by atoms with Crippen LogP contribution in [0.25, 0.3) is 0 Å². The number of ether oxygens (including phenoxy) is 2. The zero-order valence-electron chi connectivity index (χ0n) is 20.7. The molecule has 0 saturated heterocycles. The van der Waals surface area contributed by atoms with Gasteiger partial charge in [-0.1, -0.05) is 0 Å². The first-order valence-electron chi connectivity index (χ1n) is 11.0. The van der Waals surface area contributed by atoms with Gasteiger partial charge in [-0.3, -0.25) is 14.4 Å². The minimum atomic E-state index is -4.89. The molecule has 1 N–H and O–H groups in total. The number of aliphatic hydroxyl groups is 1. The van der Waals surface area contributed by atoms with E-state index >= 15 is 0 Å². The molecule has 2 aromatic carbocycles. The van der Waals surface area contributed by atoms with Crippen molar-refractivity contribution in [3.63, 3.8) is 0 Å². The number of azo groups is 2. The fourth-order valence-electron chi connectivity index (χ4n) is 2.86. The van der Waals surface area contributed by atoms with Gasteiger partial charge in [0, 0.05) is 19.8 Å². The van der Waals surface area contributed by atoms with Gasteiger partial charge in [0.2, 0.25) is 0 Å². The van der Waals surface area contributed by atoms with E-state index in [1.165, 1.54) is 0 Å². The van der Waals surface area contributed by atoms with Crippen LogP contribution in [0.3, 0.4) is 0 Å². The molecule has 10 nitrogen and oxygen atoms in total. The van der Waals surface area contributed by atoms with Gasteiger partial charge in [0.15, 0.2) is 29.1 Å². The lowest BCUT2D eigenvalue weighted by Crippen LogP contribution is -2.26. The van der Waals surface area contributed by atoms with Gasteiger partial charge >= 0.3 is 12.7 Å². The highest BCUT2D eigenvalue weighted by Crippen LogP contribution is 2.27. The molecule has 0 aliphatic carbocycles. The average molecular weight is 574 g/mol. The number of halogens is 6. The zero-order chi connectivity index (χ0) is 30.1. The SMILES string of the molecule is CC(=O)C(N=Nc1ccc(OC(F)(F)F)cc1)=C(O)CCC(=O)C(N=Nc1ccc(OC(F)(F)F)cc1)C(C)=O. The van der Waals surface area contributed by atoms with Gasteiger partial charge in [-0.05, 0) is 55.5 Å². The zero-order valence-corrected chi connectivity index (χ0v) is 20.7. The van der Waals surface area contributed by atoms with Crippen molar-refractivity contribution in [3.8, 4) is 11.5 Å². The number of aliphatic hydroxyl groups excluding tert-OH is 1. The van der Waals surface area contributed by atoms with E-state index in [4.69, 9.17) is 0 Å². The monoisotopic (exact) mass is 574 g/mol. The molecule has 40 heavy (non-hydrogen) atoms. The quantitative estimate of drug-likeness (QED) is 0.0950. The molecule has 1 unspecified atom stereocenters. The molecule has 16 heteroatoms. The summed E-state index contributed by atoms with van der Waals surface area (Å²) in [4.78, 5) is 36.4. The topological polar surface area (TPSA) is 139 Å². The van der Waals surface area contributed by atoms with E-state index in [0.29, 0.717) is 0 Å². The van der Waals surface area contributed by atoms with Crippen LogP contribution in [0.15, 0.2) is 80.4 Å².